The number of hydrogen-bond donors (Lipinski definition) is 0. The van der Waals surface area contributed by atoms with E-state index in [0.29, 0.717) is 11.6 Å². The van der Waals surface area contributed by atoms with Crippen LogP contribution in [-0.4, -0.2) is 27.1 Å². The number of nitrogens with zero attached hydrogens (tertiary/aromatic N) is 2. The van der Waals surface area contributed by atoms with Crippen molar-refractivity contribution in [2.24, 2.45) is 0 Å². The molecule has 0 N–H and O–H groups in total. The Labute approximate surface area is 87.6 Å². The molecule has 13 heavy (non-hydrogen) atoms. The fourth-order valence-electron chi connectivity index (χ4n) is 1.96. The molecular weight excluding hydrogens is 200 g/mol. The van der Waals surface area contributed by atoms with Crippen LogP contribution in [0.4, 0.5) is 0 Å². The van der Waals surface area contributed by atoms with Gasteiger partial charge in [-0.2, -0.15) is 5.26 Å². The van der Waals surface area contributed by atoms with Crippen molar-refractivity contribution in [3.05, 3.63) is 12.2 Å². The summed E-state index contributed by atoms with van der Waals surface area (Å²) in [7, 11) is 0. The molecule has 2 saturated heterocycles. The van der Waals surface area contributed by atoms with Gasteiger partial charge in [-0.3, -0.25) is 0 Å². The van der Waals surface area contributed by atoms with Gasteiger partial charge in [-0.15, -0.1) is 0 Å². The second kappa shape index (κ2) is 3.32. The predicted octanol–water partition coefficient (Wildman–Crippen LogP) is 1.93. The Hall–Kier alpha value is -0.530. The molecule has 2 atom stereocenters. The molecule has 2 heterocycles. The van der Waals surface area contributed by atoms with E-state index in [1.165, 1.54) is 6.42 Å². The van der Waals surface area contributed by atoms with Crippen molar-refractivity contribution in [1.29, 1.82) is 5.26 Å². The van der Waals surface area contributed by atoms with Gasteiger partial charge in [-0.25, -0.2) is 0 Å². The molecule has 0 bridgehead atoms. The zero-order valence-electron chi connectivity index (χ0n) is 7.19. The van der Waals surface area contributed by atoms with Crippen molar-refractivity contribution in [3.8, 4) is 6.07 Å². The molecule has 0 spiro atoms. The zero-order valence-corrected chi connectivity index (χ0v) is 8.83. The van der Waals surface area contributed by atoms with Gasteiger partial charge < -0.3 is 4.90 Å². The molecule has 0 aromatic carbocycles. The van der Waals surface area contributed by atoms with E-state index in [0.717, 1.165) is 17.3 Å². The molecule has 68 valence electrons. The van der Waals surface area contributed by atoms with E-state index >= 15 is 0 Å². The molecular formula is C9H10N2S2. The van der Waals surface area contributed by atoms with Crippen LogP contribution in [0.25, 0.3) is 0 Å². The summed E-state index contributed by atoms with van der Waals surface area (Å²) >= 11 is 6.86. The highest BCUT2D eigenvalue weighted by Gasteiger charge is 2.42. The van der Waals surface area contributed by atoms with Gasteiger partial charge in [0.15, 0.2) is 0 Å². The van der Waals surface area contributed by atoms with Crippen molar-refractivity contribution >= 4 is 28.3 Å². The van der Waals surface area contributed by atoms with Gasteiger partial charge in [0.1, 0.15) is 4.32 Å². The number of thioether (sulfide) groups is 1. The normalized spacial score (nSPS) is 31.6. The van der Waals surface area contributed by atoms with Crippen LogP contribution >= 0.6 is 24.0 Å². The third-order valence-electron chi connectivity index (χ3n) is 2.60. The Morgan fingerprint density at radius 2 is 2.54 bits per heavy atom. The largest absolute Gasteiger partial charge is 0.353 e. The SMILES string of the molecule is C=C(C#N)C1SC(=S)N2CCC[C@@H]12. The summed E-state index contributed by atoms with van der Waals surface area (Å²) in [5.74, 6) is 0. The molecule has 0 amide bonds. The zero-order chi connectivity index (χ0) is 9.42. The van der Waals surface area contributed by atoms with Crippen molar-refractivity contribution < 1.29 is 0 Å². The lowest BCUT2D eigenvalue weighted by molar-refractivity contribution is 0.420. The van der Waals surface area contributed by atoms with Crippen LogP contribution in [-0.2, 0) is 0 Å². The summed E-state index contributed by atoms with van der Waals surface area (Å²) in [4.78, 5) is 2.24. The summed E-state index contributed by atoms with van der Waals surface area (Å²) in [6, 6.07) is 2.59. The van der Waals surface area contributed by atoms with Crippen molar-refractivity contribution in [1.82, 2.24) is 4.90 Å². The number of nitriles is 1. The van der Waals surface area contributed by atoms with E-state index in [-0.39, 0.29) is 5.25 Å². The summed E-state index contributed by atoms with van der Waals surface area (Å²) in [5, 5.41) is 9.00. The van der Waals surface area contributed by atoms with Gasteiger partial charge in [-0.05, 0) is 12.8 Å². The molecule has 0 radical (unpaired) electrons. The summed E-state index contributed by atoms with van der Waals surface area (Å²) in [6.45, 7) is 4.84. The highest BCUT2D eigenvalue weighted by atomic mass is 32.2. The highest BCUT2D eigenvalue weighted by Crippen LogP contribution is 2.40. The smallest absolute Gasteiger partial charge is 0.137 e. The van der Waals surface area contributed by atoms with Crippen LogP contribution in [0.3, 0.4) is 0 Å². The minimum atomic E-state index is 0.222. The first kappa shape index (κ1) is 9.04. The minimum absolute atomic E-state index is 0.222. The van der Waals surface area contributed by atoms with Crippen LogP contribution in [0.1, 0.15) is 12.8 Å². The third kappa shape index (κ3) is 1.36. The van der Waals surface area contributed by atoms with Crippen molar-refractivity contribution in [3.63, 3.8) is 0 Å². The third-order valence-corrected chi connectivity index (χ3v) is 4.41. The Morgan fingerprint density at radius 3 is 3.23 bits per heavy atom. The Kier molecular flexibility index (Phi) is 2.31. The lowest BCUT2D eigenvalue weighted by atomic mass is 10.1. The monoisotopic (exact) mass is 210 g/mol. The van der Waals surface area contributed by atoms with Crippen LogP contribution in [0.5, 0.6) is 0 Å². The molecule has 2 aliphatic rings. The maximum Gasteiger partial charge on any atom is 0.137 e. The number of rotatable bonds is 1. The fourth-order valence-corrected chi connectivity index (χ4v) is 3.71. The first-order chi connectivity index (χ1) is 6.24. The second-order valence-electron chi connectivity index (χ2n) is 3.34. The number of thiocarbonyl (C=S) groups is 1. The van der Waals surface area contributed by atoms with Gasteiger partial charge in [0, 0.05) is 18.2 Å². The summed E-state index contributed by atoms with van der Waals surface area (Å²) < 4.78 is 0.948. The topological polar surface area (TPSA) is 27.0 Å². The average Bonchev–Trinajstić information content (AvgIpc) is 2.68. The Balaban J connectivity index is 2.20. The molecule has 0 saturated carbocycles. The molecule has 2 nitrogen and oxygen atoms in total. The second-order valence-corrected chi connectivity index (χ2v) is 5.12. The standard InChI is InChI=1S/C9H10N2S2/c1-6(5-10)8-7-3-2-4-11(7)9(12)13-8/h7-8H,1-4H2/t7-,8?/m0/s1. The molecule has 4 heteroatoms. The van der Waals surface area contributed by atoms with E-state index in [9.17, 15) is 0 Å². The van der Waals surface area contributed by atoms with Crippen LogP contribution in [0.2, 0.25) is 0 Å². The first-order valence-electron chi connectivity index (χ1n) is 4.30. The average molecular weight is 210 g/mol. The maximum atomic E-state index is 8.78. The van der Waals surface area contributed by atoms with Gasteiger partial charge >= 0.3 is 0 Å². The van der Waals surface area contributed by atoms with E-state index in [4.69, 9.17) is 17.5 Å². The van der Waals surface area contributed by atoms with Gasteiger partial charge in [0.25, 0.3) is 0 Å². The number of hydrogen-bond acceptors (Lipinski definition) is 3. The lowest BCUT2D eigenvalue weighted by Crippen LogP contribution is -2.30. The van der Waals surface area contributed by atoms with Gasteiger partial charge in [0.2, 0.25) is 0 Å². The predicted molar refractivity (Wildman–Crippen MR) is 58.5 cm³/mol. The fraction of sp³-hybridized carbons (Fsp3) is 0.556. The van der Waals surface area contributed by atoms with Crippen LogP contribution < -0.4 is 0 Å². The van der Waals surface area contributed by atoms with Crippen LogP contribution in [0.15, 0.2) is 12.2 Å². The van der Waals surface area contributed by atoms with E-state index in [2.05, 4.69) is 17.5 Å². The number of fused-ring (bicyclic) bond motifs is 1. The molecule has 1 unspecified atom stereocenters. The summed E-state index contributed by atoms with van der Waals surface area (Å²) in [5.41, 5.74) is 0.668. The molecule has 2 aliphatic heterocycles. The van der Waals surface area contributed by atoms with Gasteiger partial charge in [-0.1, -0.05) is 30.6 Å². The quantitative estimate of drug-likeness (QED) is 0.488. The lowest BCUT2D eigenvalue weighted by Gasteiger charge is -2.18. The van der Waals surface area contributed by atoms with E-state index in [1.807, 2.05) is 0 Å². The van der Waals surface area contributed by atoms with E-state index < -0.39 is 0 Å². The highest BCUT2D eigenvalue weighted by molar-refractivity contribution is 8.23. The molecule has 0 aromatic heterocycles. The van der Waals surface area contributed by atoms with Crippen molar-refractivity contribution in [2.75, 3.05) is 6.54 Å². The maximum absolute atomic E-state index is 8.78. The van der Waals surface area contributed by atoms with E-state index in [1.54, 1.807) is 11.8 Å². The Morgan fingerprint density at radius 1 is 1.77 bits per heavy atom. The Bertz CT molecular complexity index is 305. The van der Waals surface area contributed by atoms with Crippen molar-refractivity contribution in [2.45, 2.75) is 24.1 Å². The molecule has 0 aliphatic carbocycles. The first-order valence-corrected chi connectivity index (χ1v) is 5.59. The summed E-state index contributed by atoms with van der Waals surface area (Å²) in [6.07, 6.45) is 2.35. The molecule has 0 aromatic rings. The van der Waals surface area contributed by atoms with Gasteiger partial charge in [0.05, 0.1) is 11.3 Å². The van der Waals surface area contributed by atoms with Crippen LogP contribution in [0, 0.1) is 11.3 Å². The molecule has 2 fully saturated rings. The minimum Gasteiger partial charge on any atom is -0.353 e. The molecule has 2 rings (SSSR count).